The fourth-order valence-corrected chi connectivity index (χ4v) is 5.05. The second kappa shape index (κ2) is 10.4. The van der Waals surface area contributed by atoms with Crippen molar-refractivity contribution in [3.05, 3.63) is 96.1 Å². The summed E-state index contributed by atoms with van der Waals surface area (Å²) in [7, 11) is -3.77. The van der Waals surface area contributed by atoms with Crippen LogP contribution >= 0.6 is 0 Å². The molecule has 3 aromatic rings. The molecule has 3 rings (SSSR count). The van der Waals surface area contributed by atoms with Crippen LogP contribution < -0.4 is 5.32 Å². The lowest BCUT2D eigenvalue weighted by atomic mass is 10.1. The summed E-state index contributed by atoms with van der Waals surface area (Å²) in [5.41, 5.74) is 2.77. The number of aryl methyl sites for hydroxylation is 1. The van der Waals surface area contributed by atoms with Crippen LogP contribution in [-0.4, -0.2) is 25.2 Å². The molecule has 0 fully saturated rings. The van der Waals surface area contributed by atoms with E-state index in [9.17, 15) is 13.2 Å². The molecule has 0 saturated carbocycles. The van der Waals surface area contributed by atoms with Gasteiger partial charge in [-0.2, -0.15) is 4.31 Å². The van der Waals surface area contributed by atoms with E-state index in [-0.39, 0.29) is 23.8 Å². The maximum absolute atomic E-state index is 13.4. The monoisotopic (exact) mass is 436 g/mol. The molecule has 0 spiro atoms. The molecule has 0 bridgehead atoms. The van der Waals surface area contributed by atoms with Crippen molar-refractivity contribution in [3.63, 3.8) is 0 Å². The zero-order valence-corrected chi connectivity index (χ0v) is 18.7. The van der Waals surface area contributed by atoms with Crippen LogP contribution in [0.4, 0.5) is 5.69 Å². The first-order valence-electron chi connectivity index (χ1n) is 10.4. The number of hydrogen-bond donors (Lipinski definition) is 1. The minimum atomic E-state index is -3.77. The number of hydrogen-bond acceptors (Lipinski definition) is 3. The zero-order valence-electron chi connectivity index (χ0n) is 17.9. The van der Waals surface area contributed by atoms with Crippen LogP contribution in [0.1, 0.15) is 37.4 Å². The van der Waals surface area contributed by atoms with Crippen molar-refractivity contribution >= 4 is 21.6 Å². The smallest absolute Gasteiger partial charge is 0.243 e. The third kappa shape index (κ3) is 5.81. The number of amides is 1. The molecule has 1 amide bonds. The maximum atomic E-state index is 13.4. The Bertz CT molecular complexity index is 1080. The van der Waals surface area contributed by atoms with Crippen LogP contribution in [0.25, 0.3) is 0 Å². The quantitative estimate of drug-likeness (QED) is 0.512. The Hall–Kier alpha value is -2.96. The van der Waals surface area contributed by atoms with Gasteiger partial charge in [0.05, 0.1) is 4.90 Å². The Morgan fingerprint density at radius 2 is 1.48 bits per heavy atom. The van der Waals surface area contributed by atoms with Crippen molar-refractivity contribution in [2.75, 3.05) is 11.9 Å². The Morgan fingerprint density at radius 3 is 2.06 bits per heavy atom. The van der Waals surface area contributed by atoms with E-state index in [4.69, 9.17) is 0 Å². The molecule has 0 aromatic heterocycles. The van der Waals surface area contributed by atoms with Crippen LogP contribution in [0.15, 0.2) is 89.8 Å². The van der Waals surface area contributed by atoms with E-state index in [1.807, 2.05) is 61.5 Å². The van der Waals surface area contributed by atoms with E-state index in [2.05, 4.69) is 12.2 Å². The summed E-state index contributed by atoms with van der Waals surface area (Å²) in [6.07, 6.45) is 0.983. The lowest BCUT2D eigenvalue weighted by Crippen LogP contribution is -2.36. The van der Waals surface area contributed by atoms with E-state index in [1.54, 1.807) is 30.3 Å². The van der Waals surface area contributed by atoms with E-state index in [0.29, 0.717) is 5.69 Å². The first-order chi connectivity index (χ1) is 14.9. The molecular formula is C25H28N2O3S. The first kappa shape index (κ1) is 22.7. The average molecular weight is 437 g/mol. The van der Waals surface area contributed by atoms with Crippen molar-refractivity contribution in [1.82, 2.24) is 4.31 Å². The van der Waals surface area contributed by atoms with Gasteiger partial charge < -0.3 is 5.32 Å². The molecule has 0 aliphatic rings. The second-order valence-electron chi connectivity index (χ2n) is 7.36. The fraction of sp³-hybridized carbons (Fsp3) is 0.240. The van der Waals surface area contributed by atoms with Gasteiger partial charge in [-0.25, -0.2) is 8.42 Å². The SMILES string of the molecule is CCc1ccc(NC(=O)CCN(C(C)c2ccccc2)S(=O)(=O)c2ccccc2)cc1. The van der Waals surface area contributed by atoms with Crippen LogP contribution in [0.2, 0.25) is 0 Å². The predicted octanol–water partition coefficient (Wildman–Crippen LogP) is 5.03. The molecule has 31 heavy (non-hydrogen) atoms. The summed E-state index contributed by atoms with van der Waals surface area (Å²) in [5.74, 6) is -0.224. The second-order valence-corrected chi connectivity index (χ2v) is 9.25. The number of carbonyl (C=O) groups excluding carboxylic acids is 1. The van der Waals surface area contributed by atoms with Gasteiger partial charge >= 0.3 is 0 Å². The van der Waals surface area contributed by atoms with Gasteiger partial charge in [0.25, 0.3) is 0 Å². The van der Waals surface area contributed by atoms with Crippen molar-refractivity contribution in [2.24, 2.45) is 0 Å². The maximum Gasteiger partial charge on any atom is 0.243 e. The third-order valence-electron chi connectivity index (χ3n) is 5.27. The summed E-state index contributed by atoms with van der Waals surface area (Å²) in [6.45, 7) is 3.99. The molecule has 1 atom stereocenters. The molecule has 0 radical (unpaired) electrons. The number of benzene rings is 3. The number of nitrogens with zero attached hydrogens (tertiary/aromatic N) is 1. The lowest BCUT2D eigenvalue weighted by Gasteiger charge is -2.28. The number of sulfonamides is 1. The van der Waals surface area contributed by atoms with Crippen LogP contribution in [0, 0.1) is 0 Å². The van der Waals surface area contributed by atoms with Gasteiger partial charge in [-0.05, 0) is 48.7 Å². The molecule has 1 unspecified atom stereocenters. The van der Waals surface area contributed by atoms with Gasteiger partial charge in [0.2, 0.25) is 15.9 Å². The number of anilines is 1. The highest BCUT2D eigenvalue weighted by Gasteiger charge is 2.30. The lowest BCUT2D eigenvalue weighted by molar-refractivity contribution is -0.116. The highest BCUT2D eigenvalue weighted by Crippen LogP contribution is 2.27. The standard InChI is InChI=1S/C25H28N2O3S/c1-3-21-14-16-23(17-15-21)26-25(28)18-19-27(20(2)22-10-6-4-7-11-22)31(29,30)24-12-8-5-9-13-24/h4-17,20H,3,18-19H2,1-2H3,(H,26,28). The zero-order chi connectivity index (χ0) is 22.3. The van der Waals surface area contributed by atoms with E-state index in [0.717, 1.165) is 12.0 Å². The largest absolute Gasteiger partial charge is 0.326 e. The summed E-state index contributed by atoms with van der Waals surface area (Å²) in [5, 5.41) is 2.86. The number of carbonyl (C=O) groups is 1. The molecule has 5 nitrogen and oxygen atoms in total. The molecule has 3 aromatic carbocycles. The predicted molar refractivity (Wildman–Crippen MR) is 124 cm³/mol. The van der Waals surface area contributed by atoms with Crippen LogP contribution in [-0.2, 0) is 21.2 Å². The van der Waals surface area contributed by atoms with Crippen LogP contribution in [0.3, 0.4) is 0 Å². The van der Waals surface area contributed by atoms with E-state index < -0.39 is 16.1 Å². The molecular weight excluding hydrogens is 408 g/mol. The molecule has 0 saturated heterocycles. The molecule has 6 heteroatoms. The number of rotatable bonds is 9. The van der Waals surface area contributed by atoms with Gasteiger partial charge in [-0.15, -0.1) is 0 Å². The highest BCUT2D eigenvalue weighted by atomic mass is 32.2. The molecule has 0 aliphatic carbocycles. The normalized spacial score (nSPS) is 12.5. The number of nitrogens with one attached hydrogen (secondary N) is 1. The Labute approximate surface area is 184 Å². The third-order valence-corrected chi connectivity index (χ3v) is 7.25. The van der Waals surface area contributed by atoms with Gasteiger partial charge in [-0.1, -0.05) is 67.6 Å². The van der Waals surface area contributed by atoms with Gasteiger partial charge in [0.15, 0.2) is 0 Å². The summed E-state index contributed by atoms with van der Waals surface area (Å²) < 4.78 is 28.2. The summed E-state index contributed by atoms with van der Waals surface area (Å²) >= 11 is 0. The molecule has 0 heterocycles. The van der Waals surface area contributed by atoms with Gasteiger partial charge in [0, 0.05) is 24.7 Å². The molecule has 1 N–H and O–H groups in total. The summed E-state index contributed by atoms with van der Waals surface area (Å²) in [6, 6.07) is 25.0. The average Bonchev–Trinajstić information content (AvgIpc) is 2.80. The topological polar surface area (TPSA) is 66.5 Å². The highest BCUT2D eigenvalue weighted by molar-refractivity contribution is 7.89. The fourth-order valence-electron chi connectivity index (χ4n) is 3.41. The van der Waals surface area contributed by atoms with E-state index >= 15 is 0 Å². The van der Waals surface area contributed by atoms with E-state index in [1.165, 1.54) is 9.87 Å². The van der Waals surface area contributed by atoms with Crippen molar-refractivity contribution in [3.8, 4) is 0 Å². The Morgan fingerprint density at radius 1 is 0.903 bits per heavy atom. The molecule has 0 aliphatic heterocycles. The Kier molecular flexibility index (Phi) is 7.60. The first-order valence-corrected chi connectivity index (χ1v) is 11.9. The molecule has 162 valence electrons. The van der Waals surface area contributed by atoms with Gasteiger partial charge in [0.1, 0.15) is 0 Å². The Balaban J connectivity index is 1.78. The van der Waals surface area contributed by atoms with Crippen molar-refractivity contribution in [2.45, 2.75) is 37.6 Å². The van der Waals surface area contributed by atoms with Crippen molar-refractivity contribution in [1.29, 1.82) is 0 Å². The van der Waals surface area contributed by atoms with Crippen molar-refractivity contribution < 1.29 is 13.2 Å². The minimum absolute atomic E-state index is 0.0543. The van der Waals surface area contributed by atoms with Crippen LogP contribution in [0.5, 0.6) is 0 Å². The van der Waals surface area contributed by atoms with Gasteiger partial charge in [-0.3, -0.25) is 4.79 Å². The summed E-state index contributed by atoms with van der Waals surface area (Å²) in [4.78, 5) is 12.8. The minimum Gasteiger partial charge on any atom is -0.326 e.